The molecule has 0 saturated heterocycles. The van der Waals surface area contributed by atoms with Crippen LogP contribution in [0.5, 0.6) is 11.5 Å². The van der Waals surface area contributed by atoms with E-state index in [-0.39, 0.29) is 17.5 Å². The van der Waals surface area contributed by atoms with E-state index in [0.717, 1.165) is 0 Å². The molecule has 0 saturated carbocycles. The SMILES string of the molecule is C/C(=N\N=C(N)N)c1ccc(O)c(O)c1. The van der Waals surface area contributed by atoms with Gasteiger partial charge in [-0.05, 0) is 25.1 Å². The first-order chi connectivity index (χ1) is 7.00. The second-order valence-corrected chi connectivity index (χ2v) is 2.91. The van der Waals surface area contributed by atoms with Crippen LogP contribution in [0.4, 0.5) is 0 Å². The lowest BCUT2D eigenvalue weighted by atomic mass is 10.1. The minimum absolute atomic E-state index is 0.141. The zero-order chi connectivity index (χ0) is 11.4. The summed E-state index contributed by atoms with van der Waals surface area (Å²) in [6.07, 6.45) is 0. The van der Waals surface area contributed by atoms with Gasteiger partial charge < -0.3 is 21.7 Å². The van der Waals surface area contributed by atoms with Crippen LogP contribution in [0.3, 0.4) is 0 Å². The smallest absolute Gasteiger partial charge is 0.211 e. The minimum atomic E-state index is -0.216. The molecule has 80 valence electrons. The van der Waals surface area contributed by atoms with Crippen molar-refractivity contribution in [2.75, 3.05) is 0 Å². The van der Waals surface area contributed by atoms with Gasteiger partial charge in [-0.2, -0.15) is 5.10 Å². The maximum Gasteiger partial charge on any atom is 0.211 e. The molecule has 1 aromatic rings. The highest BCUT2D eigenvalue weighted by Gasteiger charge is 2.02. The number of phenolic OH excluding ortho intramolecular Hbond substituents is 2. The van der Waals surface area contributed by atoms with E-state index in [2.05, 4.69) is 10.2 Å². The van der Waals surface area contributed by atoms with E-state index >= 15 is 0 Å². The van der Waals surface area contributed by atoms with Gasteiger partial charge in [-0.1, -0.05) is 0 Å². The molecule has 0 aliphatic carbocycles. The number of benzene rings is 1. The van der Waals surface area contributed by atoms with Crippen molar-refractivity contribution in [1.82, 2.24) is 0 Å². The van der Waals surface area contributed by atoms with Crippen molar-refractivity contribution >= 4 is 11.7 Å². The topological polar surface area (TPSA) is 117 Å². The number of nitrogens with two attached hydrogens (primary N) is 2. The third-order valence-electron chi connectivity index (χ3n) is 1.71. The molecular weight excluding hydrogens is 196 g/mol. The van der Waals surface area contributed by atoms with Crippen LogP contribution in [0.15, 0.2) is 28.4 Å². The molecule has 6 N–H and O–H groups in total. The molecule has 0 unspecified atom stereocenters. The second-order valence-electron chi connectivity index (χ2n) is 2.91. The number of aromatic hydroxyl groups is 2. The Bertz CT molecular complexity index is 422. The molecule has 6 heteroatoms. The average Bonchev–Trinajstić information content (AvgIpc) is 2.18. The van der Waals surface area contributed by atoms with E-state index < -0.39 is 0 Å². The van der Waals surface area contributed by atoms with Crippen molar-refractivity contribution in [1.29, 1.82) is 0 Å². The van der Waals surface area contributed by atoms with Crippen LogP contribution >= 0.6 is 0 Å². The highest BCUT2D eigenvalue weighted by atomic mass is 16.3. The van der Waals surface area contributed by atoms with Crippen molar-refractivity contribution in [3.63, 3.8) is 0 Å². The first-order valence-electron chi connectivity index (χ1n) is 4.16. The van der Waals surface area contributed by atoms with E-state index in [4.69, 9.17) is 16.6 Å². The first-order valence-corrected chi connectivity index (χ1v) is 4.16. The number of nitrogens with zero attached hydrogens (tertiary/aromatic N) is 2. The van der Waals surface area contributed by atoms with Crippen molar-refractivity contribution in [3.8, 4) is 11.5 Å². The number of guanidine groups is 1. The summed E-state index contributed by atoms with van der Waals surface area (Å²) < 4.78 is 0. The lowest BCUT2D eigenvalue weighted by Gasteiger charge is -2.01. The van der Waals surface area contributed by atoms with Crippen LogP contribution in [-0.2, 0) is 0 Å². The number of hydrogen-bond acceptors (Lipinski definition) is 4. The summed E-state index contributed by atoms with van der Waals surface area (Å²) in [5.41, 5.74) is 11.4. The predicted molar refractivity (Wildman–Crippen MR) is 57.8 cm³/mol. The molecule has 6 nitrogen and oxygen atoms in total. The fourth-order valence-electron chi connectivity index (χ4n) is 0.939. The van der Waals surface area contributed by atoms with Crippen LogP contribution in [0.2, 0.25) is 0 Å². The van der Waals surface area contributed by atoms with E-state index in [1.54, 1.807) is 13.0 Å². The Morgan fingerprint density at radius 2 is 1.80 bits per heavy atom. The van der Waals surface area contributed by atoms with Crippen LogP contribution in [0.25, 0.3) is 0 Å². The molecule has 1 rings (SSSR count). The van der Waals surface area contributed by atoms with Gasteiger partial charge in [0.05, 0.1) is 5.71 Å². The largest absolute Gasteiger partial charge is 0.504 e. The van der Waals surface area contributed by atoms with Crippen LogP contribution in [0.1, 0.15) is 12.5 Å². The van der Waals surface area contributed by atoms with Gasteiger partial charge >= 0.3 is 0 Å². The molecule has 0 amide bonds. The van der Waals surface area contributed by atoms with Gasteiger partial charge in [0.15, 0.2) is 11.5 Å². The van der Waals surface area contributed by atoms with Gasteiger partial charge in [0.1, 0.15) is 0 Å². The van der Waals surface area contributed by atoms with Gasteiger partial charge in [0, 0.05) is 5.56 Å². The Morgan fingerprint density at radius 1 is 1.13 bits per heavy atom. The maximum atomic E-state index is 9.24. The second kappa shape index (κ2) is 4.32. The highest BCUT2D eigenvalue weighted by Crippen LogP contribution is 2.25. The summed E-state index contributed by atoms with van der Waals surface area (Å²) in [7, 11) is 0. The fourth-order valence-corrected chi connectivity index (χ4v) is 0.939. The number of hydrogen-bond donors (Lipinski definition) is 4. The normalized spacial score (nSPS) is 11.1. The number of phenols is 2. The van der Waals surface area contributed by atoms with E-state index in [1.165, 1.54) is 12.1 Å². The van der Waals surface area contributed by atoms with Gasteiger partial charge in [-0.25, -0.2) is 0 Å². The van der Waals surface area contributed by atoms with Gasteiger partial charge in [-0.15, -0.1) is 5.10 Å². The number of rotatable bonds is 2. The highest BCUT2D eigenvalue weighted by molar-refractivity contribution is 5.99. The average molecular weight is 208 g/mol. The fraction of sp³-hybridized carbons (Fsp3) is 0.111. The Kier molecular flexibility index (Phi) is 3.12. The lowest BCUT2D eigenvalue weighted by molar-refractivity contribution is 0.403. The van der Waals surface area contributed by atoms with E-state index in [0.29, 0.717) is 11.3 Å². The molecule has 1 aromatic carbocycles. The molecule has 0 spiro atoms. The van der Waals surface area contributed by atoms with E-state index in [1.807, 2.05) is 0 Å². The van der Waals surface area contributed by atoms with Gasteiger partial charge in [0.2, 0.25) is 5.96 Å². The van der Waals surface area contributed by atoms with Gasteiger partial charge in [-0.3, -0.25) is 0 Å². The Balaban J connectivity index is 3.02. The summed E-state index contributed by atoms with van der Waals surface area (Å²) in [5.74, 6) is -0.544. The van der Waals surface area contributed by atoms with Crippen molar-refractivity contribution < 1.29 is 10.2 Å². The van der Waals surface area contributed by atoms with Crippen LogP contribution in [-0.4, -0.2) is 21.9 Å². The third-order valence-corrected chi connectivity index (χ3v) is 1.71. The summed E-state index contributed by atoms with van der Waals surface area (Å²) in [6.45, 7) is 1.68. The Morgan fingerprint density at radius 3 is 2.33 bits per heavy atom. The molecule has 0 bridgehead atoms. The predicted octanol–water partition coefficient (Wildman–Crippen LogP) is 0.0952. The van der Waals surface area contributed by atoms with Crippen LogP contribution in [0, 0.1) is 0 Å². The Hall–Kier alpha value is -2.24. The van der Waals surface area contributed by atoms with Crippen molar-refractivity contribution in [3.05, 3.63) is 23.8 Å². The summed E-state index contributed by atoms with van der Waals surface area (Å²) in [6, 6.07) is 4.33. The molecule has 0 atom stereocenters. The quantitative estimate of drug-likeness (QED) is 0.238. The summed E-state index contributed by atoms with van der Waals surface area (Å²) in [4.78, 5) is 0. The van der Waals surface area contributed by atoms with Crippen molar-refractivity contribution in [2.24, 2.45) is 21.7 Å². The monoisotopic (exact) mass is 208 g/mol. The molecule has 0 aliphatic heterocycles. The lowest BCUT2D eigenvalue weighted by Crippen LogP contribution is -2.22. The minimum Gasteiger partial charge on any atom is -0.504 e. The van der Waals surface area contributed by atoms with E-state index in [9.17, 15) is 5.11 Å². The summed E-state index contributed by atoms with van der Waals surface area (Å²) in [5, 5.41) is 25.5. The molecule has 0 aliphatic rings. The molecule has 15 heavy (non-hydrogen) atoms. The Labute approximate surface area is 86.6 Å². The van der Waals surface area contributed by atoms with Gasteiger partial charge in [0.25, 0.3) is 0 Å². The molecule has 0 heterocycles. The maximum absolute atomic E-state index is 9.24. The molecule has 0 radical (unpaired) electrons. The third kappa shape index (κ3) is 2.87. The standard InChI is InChI=1S/C9H12N4O2/c1-5(12-13-9(10)11)6-2-3-7(14)8(15)4-6/h2-4,14-15H,1H3,(H4,10,11,13)/b12-5+. The van der Waals surface area contributed by atoms with Crippen molar-refractivity contribution in [2.45, 2.75) is 6.92 Å². The zero-order valence-corrected chi connectivity index (χ0v) is 8.18. The molecule has 0 fully saturated rings. The van der Waals surface area contributed by atoms with Crippen LogP contribution < -0.4 is 11.5 Å². The molecule has 0 aromatic heterocycles. The molecular formula is C9H12N4O2. The summed E-state index contributed by atoms with van der Waals surface area (Å²) >= 11 is 0. The zero-order valence-electron chi connectivity index (χ0n) is 8.18. The first kappa shape index (κ1) is 10.8.